The molecule has 0 aliphatic rings. The summed E-state index contributed by atoms with van der Waals surface area (Å²) in [7, 11) is 0. The Bertz CT molecular complexity index is 1010. The van der Waals surface area contributed by atoms with E-state index in [1.165, 1.54) is 5.56 Å². The van der Waals surface area contributed by atoms with E-state index in [-0.39, 0.29) is 5.41 Å². The lowest BCUT2D eigenvalue weighted by atomic mass is 9.64. The molecule has 0 fully saturated rings. The molecule has 30 heavy (non-hydrogen) atoms. The Balaban J connectivity index is 2.17. The molecule has 1 heteroatoms. The topological polar surface area (TPSA) is 20.2 Å². The zero-order valence-corrected chi connectivity index (χ0v) is 17.8. The van der Waals surface area contributed by atoms with Crippen LogP contribution in [0.5, 0.6) is 5.75 Å². The molecule has 0 atom stereocenters. The van der Waals surface area contributed by atoms with Crippen molar-refractivity contribution in [3.63, 3.8) is 0 Å². The molecule has 0 aliphatic heterocycles. The third kappa shape index (κ3) is 3.41. The molecule has 0 amide bonds. The predicted octanol–water partition coefficient (Wildman–Crippen LogP) is 7.07. The standard InChI is InChI=1S/C29H28O/c1-28(2,3)25-19-20-27(30)26(21-25)29(22-13-7-4-8-14-22,23-15-9-5-10-16-23)24-17-11-6-12-18-24/h4-21,30H,1-3H3. The molecular weight excluding hydrogens is 364 g/mol. The fourth-order valence-electron chi connectivity index (χ4n) is 4.33. The molecule has 0 spiro atoms. The number of hydrogen-bond donors (Lipinski definition) is 1. The van der Waals surface area contributed by atoms with E-state index in [4.69, 9.17) is 0 Å². The monoisotopic (exact) mass is 392 g/mol. The summed E-state index contributed by atoms with van der Waals surface area (Å²) >= 11 is 0. The molecule has 4 aromatic carbocycles. The number of phenolic OH excluding ortho intramolecular Hbond substituents is 1. The third-order valence-corrected chi connectivity index (χ3v) is 5.89. The van der Waals surface area contributed by atoms with Crippen LogP contribution >= 0.6 is 0 Å². The maximum absolute atomic E-state index is 11.2. The van der Waals surface area contributed by atoms with Crippen LogP contribution in [0.15, 0.2) is 109 Å². The molecule has 150 valence electrons. The van der Waals surface area contributed by atoms with Crippen LogP contribution in [0.2, 0.25) is 0 Å². The summed E-state index contributed by atoms with van der Waals surface area (Å²) in [6.07, 6.45) is 0. The molecular formula is C29H28O. The summed E-state index contributed by atoms with van der Waals surface area (Å²) in [4.78, 5) is 0. The van der Waals surface area contributed by atoms with E-state index in [0.29, 0.717) is 5.75 Å². The van der Waals surface area contributed by atoms with Gasteiger partial charge in [0.1, 0.15) is 5.75 Å². The molecule has 0 unspecified atom stereocenters. The molecule has 1 nitrogen and oxygen atoms in total. The van der Waals surface area contributed by atoms with Crippen molar-refractivity contribution in [3.05, 3.63) is 137 Å². The molecule has 0 radical (unpaired) electrons. The van der Waals surface area contributed by atoms with Crippen LogP contribution in [-0.2, 0) is 10.8 Å². The molecule has 0 bridgehead atoms. The molecule has 4 rings (SSSR count). The predicted molar refractivity (Wildman–Crippen MR) is 125 cm³/mol. The SMILES string of the molecule is CC(C)(C)c1ccc(O)c(C(c2ccccc2)(c2ccccc2)c2ccccc2)c1. The molecule has 0 saturated carbocycles. The van der Waals surface area contributed by atoms with Crippen LogP contribution < -0.4 is 0 Å². The Labute approximate surface area is 179 Å². The van der Waals surface area contributed by atoms with Crippen molar-refractivity contribution in [1.29, 1.82) is 0 Å². The van der Waals surface area contributed by atoms with Gasteiger partial charge in [-0.15, -0.1) is 0 Å². The smallest absolute Gasteiger partial charge is 0.120 e. The number of aromatic hydroxyl groups is 1. The minimum Gasteiger partial charge on any atom is -0.508 e. The van der Waals surface area contributed by atoms with E-state index in [0.717, 1.165) is 22.3 Å². The van der Waals surface area contributed by atoms with Gasteiger partial charge in [0.15, 0.2) is 0 Å². The molecule has 1 N–H and O–H groups in total. The van der Waals surface area contributed by atoms with Gasteiger partial charge in [-0.3, -0.25) is 0 Å². The van der Waals surface area contributed by atoms with Crippen molar-refractivity contribution in [3.8, 4) is 5.75 Å². The average molecular weight is 393 g/mol. The summed E-state index contributed by atoms with van der Waals surface area (Å²) in [6, 6.07) is 37.5. The summed E-state index contributed by atoms with van der Waals surface area (Å²) in [5, 5.41) is 11.2. The van der Waals surface area contributed by atoms with Gasteiger partial charge in [-0.1, -0.05) is 118 Å². The Morgan fingerprint density at radius 1 is 0.500 bits per heavy atom. The fraction of sp³-hybridized carbons (Fsp3) is 0.172. The maximum Gasteiger partial charge on any atom is 0.120 e. The van der Waals surface area contributed by atoms with Gasteiger partial charge < -0.3 is 5.11 Å². The first-order valence-corrected chi connectivity index (χ1v) is 10.4. The van der Waals surface area contributed by atoms with Gasteiger partial charge in [0.2, 0.25) is 0 Å². The molecule has 4 aromatic rings. The zero-order chi connectivity index (χ0) is 21.2. The zero-order valence-electron chi connectivity index (χ0n) is 17.8. The first kappa shape index (κ1) is 20.0. The highest BCUT2D eigenvalue weighted by molar-refractivity contribution is 5.63. The molecule has 0 saturated heterocycles. The second-order valence-corrected chi connectivity index (χ2v) is 8.83. The minimum atomic E-state index is -0.630. The van der Waals surface area contributed by atoms with Crippen LogP contribution in [0.4, 0.5) is 0 Å². The Kier molecular flexibility index (Phi) is 5.22. The van der Waals surface area contributed by atoms with E-state index in [9.17, 15) is 5.11 Å². The lowest BCUT2D eigenvalue weighted by Gasteiger charge is -2.38. The Hall–Kier alpha value is -3.32. The van der Waals surface area contributed by atoms with Gasteiger partial charge in [-0.25, -0.2) is 0 Å². The number of hydrogen-bond acceptors (Lipinski definition) is 1. The largest absolute Gasteiger partial charge is 0.508 e. The first-order valence-electron chi connectivity index (χ1n) is 10.4. The van der Waals surface area contributed by atoms with Crippen molar-refractivity contribution in [1.82, 2.24) is 0 Å². The molecule has 0 aromatic heterocycles. The van der Waals surface area contributed by atoms with E-state index in [1.54, 1.807) is 0 Å². The normalized spacial score (nSPS) is 12.0. The van der Waals surface area contributed by atoms with Crippen molar-refractivity contribution < 1.29 is 5.11 Å². The van der Waals surface area contributed by atoms with Gasteiger partial charge in [-0.05, 0) is 39.8 Å². The van der Waals surface area contributed by atoms with E-state index < -0.39 is 5.41 Å². The summed E-state index contributed by atoms with van der Waals surface area (Å²) in [5.41, 5.74) is 4.82. The minimum absolute atomic E-state index is 0.0295. The van der Waals surface area contributed by atoms with Gasteiger partial charge in [0, 0.05) is 5.56 Å². The van der Waals surface area contributed by atoms with Gasteiger partial charge >= 0.3 is 0 Å². The first-order chi connectivity index (χ1) is 14.4. The molecule has 0 heterocycles. The summed E-state index contributed by atoms with van der Waals surface area (Å²) in [6.45, 7) is 6.62. The van der Waals surface area contributed by atoms with Gasteiger partial charge in [-0.2, -0.15) is 0 Å². The number of rotatable bonds is 4. The van der Waals surface area contributed by atoms with Crippen molar-refractivity contribution in [2.24, 2.45) is 0 Å². The fourth-order valence-corrected chi connectivity index (χ4v) is 4.33. The van der Waals surface area contributed by atoms with Gasteiger partial charge in [0.25, 0.3) is 0 Å². The third-order valence-electron chi connectivity index (χ3n) is 5.89. The van der Waals surface area contributed by atoms with Crippen LogP contribution in [0.25, 0.3) is 0 Å². The Morgan fingerprint density at radius 2 is 0.900 bits per heavy atom. The Morgan fingerprint density at radius 3 is 1.27 bits per heavy atom. The number of benzene rings is 4. The van der Waals surface area contributed by atoms with Crippen molar-refractivity contribution in [2.45, 2.75) is 31.6 Å². The number of phenols is 1. The average Bonchev–Trinajstić information content (AvgIpc) is 2.77. The van der Waals surface area contributed by atoms with Gasteiger partial charge in [0.05, 0.1) is 5.41 Å². The highest BCUT2D eigenvalue weighted by Crippen LogP contribution is 2.48. The second kappa shape index (κ2) is 7.84. The summed E-state index contributed by atoms with van der Waals surface area (Å²) in [5.74, 6) is 0.305. The molecule has 0 aliphatic carbocycles. The van der Waals surface area contributed by atoms with Crippen LogP contribution in [0.3, 0.4) is 0 Å². The quantitative estimate of drug-likeness (QED) is 0.368. The van der Waals surface area contributed by atoms with Crippen molar-refractivity contribution >= 4 is 0 Å². The van der Waals surface area contributed by atoms with Crippen LogP contribution in [0, 0.1) is 0 Å². The van der Waals surface area contributed by atoms with E-state index in [2.05, 4.69) is 99.6 Å². The lowest BCUT2D eigenvalue weighted by Crippen LogP contribution is -2.31. The lowest BCUT2D eigenvalue weighted by molar-refractivity contribution is 0.458. The highest BCUT2D eigenvalue weighted by Gasteiger charge is 2.40. The second-order valence-electron chi connectivity index (χ2n) is 8.83. The van der Waals surface area contributed by atoms with E-state index >= 15 is 0 Å². The van der Waals surface area contributed by atoms with Crippen molar-refractivity contribution in [2.75, 3.05) is 0 Å². The maximum atomic E-state index is 11.2. The van der Waals surface area contributed by atoms with E-state index in [1.807, 2.05) is 30.3 Å². The highest BCUT2D eigenvalue weighted by atomic mass is 16.3. The summed E-state index contributed by atoms with van der Waals surface area (Å²) < 4.78 is 0. The van der Waals surface area contributed by atoms with Crippen LogP contribution in [0.1, 0.15) is 48.6 Å². The van der Waals surface area contributed by atoms with Crippen LogP contribution in [-0.4, -0.2) is 5.11 Å².